The molecule has 0 saturated carbocycles. The third-order valence-corrected chi connectivity index (χ3v) is 4.57. The highest BCUT2D eigenvalue weighted by molar-refractivity contribution is 5.26. The van der Waals surface area contributed by atoms with Gasteiger partial charge in [-0.05, 0) is 52.2 Å². The van der Waals surface area contributed by atoms with Crippen LogP contribution in [0.25, 0.3) is 0 Å². The molecule has 28 heavy (non-hydrogen) atoms. The van der Waals surface area contributed by atoms with Gasteiger partial charge in [0.25, 0.3) is 0 Å². The minimum atomic E-state index is -0.236. The van der Waals surface area contributed by atoms with E-state index in [1.807, 2.05) is 38.1 Å². The van der Waals surface area contributed by atoms with Gasteiger partial charge in [-0.1, -0.05) is 38.5 Å². The van der Waals surface area contributed by atoms with Gasteiger partial charge in [0.1, 0.15) is 12.4 Å². The van der Waals surface area contributed by atoms with Crippen LogP contribution >= 0.6 is 0 Å². The lowest BCUT2D eigenvalue weighted by Gasteiger charge is -2.20. The maximum absolute atomic E-state index is 9.37. The zero-order valence-electron chi connectivity index (χ0n) is 19.0. The van der Waals surface area contributed by atoms with E-state index in [1.165, 1.54) is 5.56 Å². The molecular weight excluding hydrogens is 354 g/mol. The van der Waals surface area contributed by atoms with Gasteiger partial charge in [0.05, 0.1) is 24.9 Å². The molecule has 1 aromatic rings. The predicted octanol–water partition coefficient (Wildman–Crippen LogP) is 4.35. The van der Waals surface area contributed by atoms with Gasteiger partial charge >= 0.3 is 0 Å². The molecule has 1 rings (SSSR count). The first-order valence-electron chi connectivity index (χ1n) is 10.6. The van der Waals surface area contributed by atoms with E-state index in [9.17, 15) is 5.11 Å². The van der Waals surface area contributed by atoms with Crippen molar-refractivity contribution in [3.05, 3.63) is 29.8 Å². The smallest absolute Gasteiger partial charge is 0.119 e. The molecule has 0 spiro atoms. The van der Waals surface area contributed by atoms with Crippen LogP contribution in [0.4, 0.5) is 0 Å². The fourth-order valence-corrected chi connectivity index (χ4v) is 2.26. The van der Waals surface area contributed by atoms with E-state index in [1.54, 1.807) is 7.11 Å². The van der Waals surface area contributed by atoms with Crippen LogP contribution in [0.3, 0.4) is 0 Å². The number of rotatable bonds is 13. The molecule has 0 aliphatic rings. The Morgan fingerprint density at radius 1 is 0.964 bits per heavy atom. The van der Waals surface area contributed by atoms with Crippen LogP contribution < -0.4 is 10.1 Å². The van der Waals surface area contributed by atoms with Crippen LogP contribution in [0.5, 0.6) is 5.75 Å². The van der Waals surface area contributed by atoms with Gasteiger partial charge in [-0.15, -0.1) is 0 Å². The number of methoxy groups -OCH3 is 1. The second-order valence-corrected chi connectivity index (χ2v) is 7.31. The molecule has 0 radical (unpaired) electrons. The number of nitrogens with one attached hydrogen (secondary N) is 1. The molecule has 5 nitrogen and oxygen atoms in total. The number of hydrogen-bond acceptors (Lipinski definition) is 5. The van der Waals surface area contributed by atoms with Gasteiger partial charge in [-0.3, -0.25) is 0 Å². The Labute approximate surface area is 172 Å². The third kappa shape index (κ3) is 13.9. The quantitative estimate of drug-likeness (QED) is 0.518. The minimum Gasteiger partial charge on any atom is -0.491 e. The third-order valence-electron chi connectivity index (χ3n) is 4.57. The highest BCUT2D eigenvalue weighted by Crippen LogP contribution is 2.11. The Morgan fingerprint density at radius 3 is 2.07 bits per heavy atom. The predicted molar refractivity (Wildman–Crippen MR) is 117 cm³/mol. The summed E-state index contributed by atoms with van der Waals surface area (Å²) in [6, 6.07) is 8.32. The normalized spacial score (nSPS) is 14.2. The number of aryl methyl sites for hydroxylation is 1. The molecule has 0 amide bonds. The van der Waals surface area contributed by atoms with E-state index in [0.29, 0.717) is 25.3 Å². The highest BCUT2D eigenvalue weighted by atomic mass is 16.5. The van der Waals surface area contributed by atoms with Crippen LogP contribution in [0.15, 0.2) is 24.3 Å². The van der Waals surface area contributed by atoms with Gasteiger partial charge in [0.15, 0.2) is 0 Å². The van der Waals surface area contributed by atoms with Gasteiger partial charge in [0, 0.05) is 19.7 Å². The topological polar surface area (TPSA) is 60.0 Å². The van der Waals surface area contributed by atoms with Gasteiger partial charge in [-0.25, -0.2) is 0 Å². The summed E-state index contributed by atoms with van der Waals surface area (Å²) in [5, 5.41) is 12.6. The Kier molecular flexibility index (Phi) is 16.1. The molecule has 164 valence electrons. The summed E-state index contributed by atoms with van der Waals surface area (Å²) in [6.45, 7) is 14.4. The van der Waals surface area contributed by atoms with E-state index in [4.69, 9.17) is 14.2 Å². The Bertz CT molecular complexity index is 462. The van der Waals surface area contributed by atoms with Crippen molar-refractivity contribution in [1.82, 2.24) is 5.32 Å². The summed E-state index contributed by atoms with van der Waals surface area (Å²) in [4.78, 5) is 0. The maximum atomic E-state index is 9.37. The summed E-state index contributed by atoms with van der Waals surface area (Å²) in [6.07, 6.45) is 3.22. The van der Waals surface area contributed by atoms with E-state index in [2.05, 4.69) is 33.0 Å². The summed E-state index contributed by atoms with van der Waals surface area (Å²) in [7, 11) is 1.68. The Hall–Kier alpha value is -1.14. The van der Waals surface area contributed by atoms with Crippen molar-refractivity contribution in [3.63, 3.8) is 0 Å². The van der Waals surface area contributed by atoms with Crippen molar-refractivity contribution in [1.29, 1.82) is 0 Å². The number of ether oxygens (including phenoxy) is 3. The second-order valence-electron chi connectivity index (χ2n) is 7.31. The van der Waals surface area contributed by atoms with Crippen molar-refractivity contribution in [2.45, 2.75) is 85.2 Å². The van der Waals surface area contributed by atoms with Crippen LogP contribution in [-0.2, 0) is 9.47 Å². The largest absolute Gasteiger partial charge is 0.491 e. The molecular formula is C23H43NO4. The molecule has 0 aliphatic carbocycles. The maximum Gasteiger partial charge on any atom is 0.119 e. The van der Waals surface area contributed by atoms with Crippen molar-refractivity contribution >= 4 is 0 Å². The van der Waals surface area contributed by atoms with Gasteiger partial charge < -0.3 is 24.6 Å². The molecule has 0 aromatic heterocycles. The minimum absolute atomic E-state index is 0.140. The highest BCUT2D eigenvalue weighted by Gasteiger charge is 2.08. The van der Waals surface area contributed by atoms with Crippen LogP contribution in [0.1, 0.15) is 59.4 Å². The summed E-state index contributed by atoms with van der Waals surface area (Å²) < 4.78 is 16.3. The molecule has 2 N–H and O–H groups in total. The fourth-order valence-electron chi connectivity index (χ4n) is 2.26. The first-order chi connectivity index (χ1) is 13.4. The number of aliphatic hydroxyl groups excluding tert-OH is 1. The molecule has 0 bridgehead atoms. The molecule has 3 unspecified atom stereocenters. The Morgan fingerprint density at radius 2 is 1.57 bits per heavy atom. The molecule has 1 aromatic carbocycles. The zero-order valence-corrected chi connectivity index (χ0v) is 19.0. The van der Waals surface area contributed by atoms with Crippen molar-refractivity contribution in [3.8, 4) is 5.75 Å². The fraction of sp³-hybridized carbons (Fsp3) is 0.739. The first-order valence-corrected chi connectivity index (χ1v) is 10.6. The summed E-state index contributed by atoms with van der Waals surface area (Å²) >= 11 is 0. The number of aliphatic hydroxyl groups is 1. The van der Waals surface area contributed by atoms with Crippen molar-refractivity contribution in [2.24, 2.45) is 0 Å². The first kappa shape index (κ1) is 26.9. The summed E-state index contributed by atoms with van der Waals surface area (Å²) in [5.74, 6) is 0.898. The lowest BCUT2D eigenvalue weighted by Crippen LogP contribution is -2.37. The summed E-state index contributed by atoms with van der Waals surface area (Å²) in [5.41, 5.74) is 1.24. The molecule has 3 atom stereocenters. The standard InChI is InChI=1S/C12H27NO2.C11H16O2/c1-5-11(14)8-13-10(4)9-15-12(6-2)7-3;1-9-4-6-11(7-5-9)13-8-10(2)12-3/h10-14H,5-9H2,1-4H3;4-7,10H,8H2,1-3H3. The number of hydrogen-bond donors (Lipinski definition) is 2. The van der Waals surface area contributed by atoms with Crippen LogP contribution in [0.2, 0.25) is 0 Å². The Balaban J connectivity index is 0.000000525. The number of benzene rings is 1. The zero-order chi connectivity index (χ0) is 21.4. The van der Waals surface area contributed by atoms with E-state index in [-0.39, 0.29) is 12.2 Å². The molecule has 5 heteroatoms. The molecule has 0 fully saturated rings. The lowest BCUT2D eigenvalue weighted by molar-refractivity contribution is 0.0340. The van der Waals surface area contributed by atoms with Crippen LogP contribution in [-0.4, -0.2) is 56.3 Å². The average Bonchev–Trinajstić information content (AvgIpc) is 2.72. The molecule has 0 saturated heterocycles. The van der Waals surface area contributed by atoms with Crippen molar-refractivity contribution in [2.75, 3.05) is 26.9 Å². The molecule has 0 aliphatic heterocycles. The van der Waals surface area contributed by atoms with Gasteiger partial charge in [0.2, 0.25) is 0 Å². The molecule has 0 heterocycles. The average molecular weight is 398 g/mol. The van der Waals surface area contributed by atoms with E-state index >= 15 is 0 Å². The van der Waals surface area contributed by atoms with Gasteiger partial charge in [-0.2, -0.15) is 0 Å². The SMILES string of the molecule is CCC(O)CNC(C)COC(CC)CC.COC(C)COc1ccc(C)cc1. The van der Waals surface area contributed by atoms with Crippen molar-refractivity contribution < 1.29 is 19.3 Å². The second kappa shape index (κ2) is 16.8. The van der Waals surface area contributed by atoms with E-state index < -0.39 is 0 Å². The van der Waals surface area contributed by atoms with Crippen LogP contribution in [0, 0.1) is 6.92 Å². The van der Waals surface area contributed by atoms with E-state index in [0.717, 1.165) is 31.6 Å². The monoisotopic (exact) mass is 397 g/mol. The lowest BCUT2D eigenvalue weighted by atomic mass is 10.2.